The zero-order valence-electron chi connectivity index (χ0n) is 10.2. The fourth-order valence-electron chi connectivity index (χ4n) is 1.95. The third-order valence-electron chi connectivity index (χ3n) is 3.27. The lowest BCUT2D eigenvalue weighted by Gasteiger charge is -2.16. The van der Waals surface area contributed by atoms with Crippen molar-refractivity contribution in [2.24, 2.45) is 5.92 Å². The average molecular weight is 233 g/mol. The van der Waals surface area contributed by atoms with Crippen LogP contribution in [-0.2, 0) is 6.54 Å². The van der Waals surface area contributed by atoms with Gasteiger partial charge in [0.15, 0.2) is 0 Å². The molecule has 0 atom stereocenters. The van der Waals surface area contributed by atoms with Crippen molar-refractivity contribution in [1.82, 2.24) is 4.90 Å². The summed E-state index contributed by atoms with van der Waals surface area (Å²) < 4.78 is 0. The molecule has 1 aliphatic carbocycles. The number of nitrogens with zero attached hydrogens (tertiary/aromatic N) is 1. The van der Waals surface area contributed by atoms with E-state index in [2.05, 4.69) is 11.9 Å². The highest BCUT2D eigenvalue weighted by Crippen LogP contribution is 2.32. The lowest BCUT2D eigenvalue weighted by Crippen LogP contribution is -2.19. The van der Waals surface area contributed by atoms with Gasteiger partial charge < -0.3 is 10.0 Å². The highest BCUT2D eigenvalue weighted by molar-refractivity contribution is 5.87. The zero-order valence-corrected chi connectivity index (χ0v) is 10.2. The number of aromatic carboxylic acids is 1. The molecule has 1 aliphatic rings. The minimum atomic E-state index is -0.862. The van der Waals surface area contributed by atoms with Crippen molar-refractivity contribution in [3.05, 3.63) is 35.4 Å². The maximum atomic E-state index is 10.7. The molecule has 0 saturated heterocycles. The van der Waals surface area contributed by atoms with Crippen molar-refractivity contribution in [2.45, 2.75) is 25.8 Å². The summed E-state index contributed by atoms with van der Waals surface area (Å²) in [6, 6.07) is 7.15. The first-order valence-corrected chi connectivity index (χ1v) is 6.16. The summed E-state index contributed by atoms with van der Waals surface area (Å²) in [5.41, 5.74) is 1.53. The molecule has 92 valence electrons. The Hall–Kier alpha value is -1.35. The summed E-state index contributed by atoms with van der Waals surface area (Å²) in [6.45, 7) is 2.03. The Balaban J connectivity index is 1.82. The van der Waals surface area contributed by atoms with Crippen LogP contribution in [0.15, 0.2) is 24.3 Å². The van der Waals surface area contributed by atoms with Crippen LogP contribution in [0.2, 0.25) is 0 Å². The number of carboxylic acids is 1. The molecule has 0 heterocycles. The molecule has 2 rings (SSSR count). The molecule has 0 spiro atoms. The Morgan fingerprint density at radius 3 is 2.53 bits per heavy atom. The molecule has 3 nitrogen and oxygen atoms in total. The van der Waals surface area contributed by atoms with Crippen LogP contribution in [0.5, 0.6) is 0 Å². The monoisotopic (exact) mass is 233 g/mol. The smallest absolute Gasteiger partial charge is 0.335 e. The first-order valence-electron chi connectivity index (χ1n) is 6.16. The standard InChI is InChI=1S/C14H19NO2/c1-15(9-8-11-2-3-11)10-12-4-6-13(7-5-12)14(16)17/h4-7,11H,2-3,8-10H2,1H3,(H,16,17). The van der Waals surface area contributed by atoms with Crippen LogP contribution >= 0.6 is 0 Å². The molecule has 0 aromatic heterocycles. The number of benzene rings is 1. The predicted octanol–water partition coefficient (Wildman–Crippen LogP) is 2.62. The summed E-state index contributed by atoms with van der Waals surface area (Å²) >= 11 is 0. The molecule has 1 fully saturated rings. The van der Waals surface area contributed by atoms with E-state index in [1.165, 1.54) is 24.8 Å². The fraction of sp³-hybridized carbons (Fsp3) is 0.500. The Kier molecular flexibility index (Phi) is 3.79. The summed E-state index contributed by atoms with van der Waals surface area (Å²) in [6.07, 6.45) is 4.10. The van der Waals surface area contributed by atoms with Gasteiger partial charge in [-0.3, -0.25) is 0 Å². The molecule has 17 heavy (non-hydrogen) atoms. The quantitative estimate of drug-likeness (QED) is 0.821. The van der Waals surface area contributed by atoms with E-state index in [0.717, 1.165) is 19.0 Å². The Labute approximate surface area is 102 Å². The third kappa shape index (κ3) is 3.86. The van der Waals surface area contributed by atoms with Gasteiger partial charge in [-0.15, -0.1) is 0 Å². The number of carbonyl (C=O) groups is 1. The van der Waals surface area contributed by atoms with E-state index in [4.69, 9.17) is 5.11 Å². The van der Waals surface area contributed by atoms with Crippen LogP contribution in [0.3, 0.4) is 0 Å². The average Bonchev–Trinajstić information content (AvgIpc) is 3.11. The second-order valence-electron chi connectivity index (χ2n) is 4.97. The van der Waals surface area contributed by atoms with E-state index < -0.39 is 5.97 Å². The summed E-state index contributed by atoms with van der Waals surface area (Å²) in [7, 11) is 2.12. The molecule has 0 radical (unpaired) electrons. The van der Waals surface area contributed by atoms with Crippen molar-refractivity contribution in [3.8, 4) is 0 Å². The van der Waals surface area contributed by atoms with Crippen LogP contribution in [0.1, 0.15) is 35.2 Å². The SMILES string of the molecule is CN(CCC1CC1)Cc1ccc(C(=O)O)cc1. The van der Waals surface area contributed by atoms with Crippen molar-refractivity contribution < 1.29 is 9.90 Å². The maximum Gasteiger partial charge on any atom is 0.335 e. The Morgan fingerprint density at radius 2 is 2.00 bits per heavy atom. The molecule has 3 heteroatoms. The second-order valence-corrected chi connectivity index (χ2v) is 4.97. The molecule has 0 unspecified atom stereocenters. The second kappa shape index (κ2) is 5.32. The van der Waals surface area contributed by atoms with Crippen LogP contribution in [0, 0.1) is 5.92 Å². The fourth-order valence-corrected chi connectivity index (χ4v) is 1.95. The Bertz CT molecular complexity index is 382. The number of hydrogen-bond donors (Lipinski definition) is 1. The van der Waals surface area contributed by atoms with Crippen molar-refractivity contribution >= 4 is 5.97 Å². The van der Waals surface area contributed by atoms with Crippen molar-refractivity contribution in [1.29, 1.82) is 0 Å². The number of carboxylic acid groups (broad SMARTS) is 1. The van der Waals surface area contributed by atoms with Gasteiger partial charge in [-0.1, -0.05) is 25.0 Å². The van der Waals surface area contributed by atoms with Crippen LogP contribution in [0.25, 0.3) is 0 Å². The summed E-state index contributed by atoms with van der Waals surface area (Å²) in [5, 5.41) is 8.80. The van der Waals surface area contributed by atoms with E-state index in [9.17, 15) is 4.79 Å². The molecule has 1 aromatic carbocycles. The molecular formula is C14H19NO2. The highest BCUT2D eigenvalue weighted by Gasteiger charge is 2.20. The third-order valence-corrected chi connectivity index (χ3v) is 3.27. The van der Waals surface area contributed by atoms with E-state index in [1.807, 2.05) is 12.1 Å². The predicted molar refractivity (Wildman–Crippen MR) is 67.1 cm³/mol. The largest absolute Gasteiger partial charge is 0.478 e. The van der Waals surface area contributed by atoms with Gasteiger partial charge in [0.05, 0.1) is 5.56 Å². The number of rotatable bonds is 6. The molecule has 0 aliphatic heterocycles. The van der Waals surface area contributed by atoms with Gasteiger partial charge in [-0.2, -0.15) is 0 Å². The van der Waals surface area contributed by atoms with E-state index >= 15 is 0 Å². The van der Waals surface area contributed by atoms with Crippen molar-refractivity contribution in [2.75, 3.05) is 13.6 Å². The minimum Gasteiger partial charge on any atom is -0.478 e. The normalized spacial score (nSPS) is 15.2. The molecular weight excluding hydrogens is 214 g/mol. The first-order chi connectivity index (χ1) is 8.15. The molecule has 1 saturated carbocycles. The van der Waals surface area contributed by atoms with E-state index in [0.29, 0.717) is 5.56 Å². The molecule has 1 N–H and O–H groups in total. The summed E-state index contributed by atoms with van der Waals surface area (Å²) in [5.74, 6) is 0.102. The van der Waals surface area contributed by atoms with Gasteiger partial charge >= 0.3 is 5.97 Å². The van der Waals surface area contributed by atoms with Gasteiger partial charge in [0.25, 0.3) is 0 Å². The van der Waals surface area contributed by atoms with Crippen LogP contribution in [0.4, 0.5) is 0 Å². The number of hydrogen-bond acceptors (Lipinski definition) is 2. The van der Waals surface area contributed by atoms with Crippen LogP contribution < -0.4 is 0 Å². The van der Waals surface area contributed by atoms with E-state index in [-0.39, 0.29) is 0 Å². The lowest BCUT2D eigenvalue weighted by molar-refractivity contribution is 0.0697. The Morgan fingerprint density at radius 1 is 1.35 bits per heavy atom. The van der Waals surface area contributed by atoms with Gasteiger partial charge in [0.1, 0.15) is 0 Å². The molecule has 0 bridgehead atoms. The minimum absolute atomic E-state index is 0.356. The summed E-state index contributed by atoms with van der Waals surface area (Å²) in [4.78, 5) is 13.0. The van der Waals surface area contributed by atoms with E-state index in [1.54, 1.807) is 12.1 Å². The van der Waals surface area contributed by atoms with Gasteiger partial charge in [0.2, 0.25) is 0 Å². The van der Waals surface area contributed by atoms with Gasteiger partial charge in [0, 0.05) is 6.54 Å². The van der Waals surface area contributed by atoms with Crippen molar-refractivity contribution in [3.63, 3.8) is 0 Å². The van der Waals surface area contributed by atoms with Gasteiger partial charge in [-0.25, -0.2) is 4.79 Å². The van der Waals surface area contributed by atoms with Gasteiger partial charge in [-0.05, 0) is 43.6 Å². The lowest BCUT2D eigenvalue weighted by atomic mass is 10.1. The molecule has 1 aromatic rings. The zero-order chi connectivity index (χ0) is 12.3. The van der Waals surface area contributed by atoms with Crippen LogP contribution in [-0.4, -0.2) is 29.6 Å². The maximum absolute atomic E-state index is 10.7. The molecule has 0 amide bonds. The topological polar surface area (TPSA) is 40.5 Å². The highest BCUT2D eigenvalue weighted by atomic mass is 16.4. The first kappa shape index (κ1) is 12.1.